The molecule has 1 aromatic carbocycles. The molecule has 0 spiro atoms. The van der Waals surface area contributed by atoms with Crippen LogP contribution in [0.4, 0.5) is 0 Å². The quantitative estimate of drug-likeness (QED) is 0.804. The van der Waals surface area contributed by atoms with Crippen LogP contribution in [0.1, 0.15) is 58.8 Å². The maximum atomic E-state index is 13.0. The van der Waals surface area contributed by atoms with E-state index in [-0.39, 0.29) is 16.7 Å². The molecule has 1 N–H and O–H groups in total. The number of nitrogens with zero attached hydrogens (tertiary/aromatic N) is 1. The van der Waals surface area contributed by atoms with Crippen molar-refractivity contribution < 1.29 is 13.2 Å². The number of piperidine rings is 1. The average molecular weight is 419 g/mol. The van der Waals surface area contributed by atoms with Gasteiger partial charge in [0.15, 0.2) is 0 Å². The van der Waals surface area contributed by atoms with Crippen molar-refractivity contribution in [1.29, 1.82) is 0 Å². The fraction of sp³-hybridized carbons (Fsp3) is 0.476. The molecule has 5 nitrogen and oxygen atoms in total. The molecular weight excluding hydrogens is 392 g/mol. The first-order valence-corrected chi connectivity index (χ1v) is 12.3. The summed E-state index contributed by atoms with van der Waals surface area (Å²) in [4.78, 5) is 13.3. The predicted octanol–water partition coefficient (Wildman–Crippen LogP) is 3.77. The third kappa shape index (κ3) is 3.88. The zero-order chi connectivity index (χ0) is 19.6. The molecule has 1 fully saturated rings. The summed E-state index contributed by atoms with van der Waals surface area (Å²) < 4.78 is 27.5. The number of nitrogens with one attached hydrogen (secondary N) is 1. The topological polar surface area (TPSA) is 66.5 Å². The number of rotatable bonds is 5. The summed E-state index contributed by atoms with van der Waals surface area (Å²) in [6, 6.07) is 9.97. The van der Waals surface area contributed by atoms with E-state index in [2.05, 4.69) is 23.5 Å². The predicted molar refractivity (Wildman–Crippen MR) is 111 cm³/mol. The van der Waals surface area contributed by atoms with E-state index >= 15 is 0 Å². The number of hydrogen-bond acceptors (Lipinski definition) is 4. The molecule has 0 bridgehead atoms. The molecule has 4 rings (SSSR count). The van der Waals surface area contributed by atoms with Gasteiger partial charge in [-0.3, -0.25) is 4.79 Å². The molecule has 0 unspecified atom stereocenters. The van der Waals surface area contributed by atoms with Crippen molar-refractivity contribution in [2.45, 2.75) is 49.3 Å². The summed E-state index contributed by atoms with van der Waals surface area (Å²) in [7, 11) is -3.60. The third-order valence-electron chi connectivity index (χ3n) is 5.77. The van der Waals surface area contributed by atoms with Gasteiger partial charge in [0.1, 0.15) is 9.77 Å². The number of sulfonamides is 1. The second-order valence-electron chi connectivity index (χ2n) is 7.58. The molecule has 1 amide bonds. The van der Waals surface area contributed by atoms with Crippen LogP contribution in [0.3, 0.4) is 0 Å². The summed E-state index contributed by atoms with van der Waals surface area (Å²) >= 11 is 1.20. The van der Waals surface area contributed by atoms with Crippen molar-refractivity contribution in [3.63, 3.8) is 0 Å². The number of carbonyl (C=O) groups is 1. The van der Waals surface area contributed by atoms with E-state index in [1.54, 1.807) is 11.4 Å². The number of hydrogen-bond donors (Lipinski definition) is 1. The number of carbonyl (C=O) groups excluding carboxylic acids is 1. The van der Waals surface area contributed by atoms with Gasteiger partial charge in [0.05, 0.1) is 0 Å². The molecule has 150 valence electrons. The Morgan fingerprint density at radius 3 is 2.71 bits per heavy atom. The molecule has 0 saturated carbocycles. The normalized spacial score (nSPS) is 20.5. The minimum atomic E-state index is -3.60. The van der Waals surface area contributed by atoms with E-state index in [4.69, 9.17) is 0 Å². The number of fused-ring (bicyclic) bond motifs is 1. The first kappa shape index (κ1) is 19.6. The van der Waals surface area contributed by atoms with Crippen molar-refractivity contribution in [3.8, 4) is 0 Å². The fourth-order valence-electron chi connectivity index (χ4n) is 4.27. The maximum absolute atomic E-state index is 13.0. The number of amides is 1. The lowest BCUT2D eigenvalue weighted by Gasteiger charge is -2.26. The standard InChI is InChI=1S/C21H26N2O3S2/c24-21(22-15-17-9-6-8-16-7-2-3-10-18(16)17)20-19(11-14-27-20)28(25,26)23-12-4-1-5-13-23/h2-3,7,10-11,14,17H,1,4-6,8-9,12-13,15H2,(H,22,24)/t17-/m0/s1. The van der Waals surface area contributed by atoms with Crippen LogP contribution in [0.25, 0.3) is 0 Å². The van der Waals surface area contributed by atoms with Crippen molar-refractivity contribution >= 4 is 27.3 Å². The third-order valence-corrected chi connectivity index (χ3v) is 8.75. The SMILES string of the molecule is O=C(NC[C@@H]1CCCc2ccccc21)c1sccc1S(=O)(=O)N1CCCCC1. The number of aryl methyl sites for hydroxylation is 1. The van der Waals surface area contributed by atoms with Crippen molar-refractivity contribution in [3.05, 3.63) is 51.7 Å². The monoisotopic (exact) mass is 418 g/mol. The second-order valence-corrected chi connectivity index (χ2v) is 10.4. The van der Waals surface area contributed by atoms with Crippen LogP contribution in [-0.4, -0.2) is 38.3 Å². The lowest BCUT2D eigenvalue weighted by molar-refractivity contribution is 0.0951. The lowest BCUT2D eigenvalue weighted by Crippen LogP contribution is -2.37. The summed E-state index contributed by atoms with van der Waals surface area (Å²) in [6.45, 7) is 1.62. The van der Waals surface area contributed by atoms with E-state index in [0.29, 0.717) is 24.5 Å². The van der Waals surface area contributed by atoms with Gasteiger partial charge in [-0.15, -0.1) is 11.3 Å². The van der Waals surface area contributed by atoms with E-state index < -0.39 is 10.0 Å². The minimum Gasteiger partial charge on any atom is -0.351 e. The van der Waals surface area contributed by atoms with Gasteiger partial charge in [0, 0.05) is 25.6 Å². The molecule has 7 heteroatoms. The molecule has 2 aliphatic rings. The van der Waals surface area contributed by atoms with Crippen LogP contribution < -0.4 is 5.32 Å². The molecule has 1 aliphatic heterocycles. The first-order chi connectivity index (χ1) is 13.6. The Kier molecular flexibility index (Phi) is 5.85. The number of thiophene rings is 1. The molecule has 1 atom stereocenters. The van der Waals surface area contributed by atoms with E-state index in [1.165, 1.54) is 26.8 Å². The molecule has 0 radical (unpaired) electrons. The highest BCUT2D eigenvalue weighted by Crippen LogP contribution is 2.31. The zero-order valence-corrected chi connectivity index (χ0v) is 17.5. The number of benzene rings is 1. The Bertz CT molecular complexity index is 946. The van der Waals surface area contributed by atoms with Crippen LogP contribution in [0.5, 0.6) is 0 Å². The van der Waals surface area contributed by atoms with Crippen LogP contribution in [0.15, 0.2) is 40.6 Å². The van der Waals surface area contributed by atoms with Gasteiger partial charge < -0.3 is 5.32 Å². The molecule has 2 aromatic rings. The largest absolute Gasteiger partial charge is 0.351 e. The maximum Gasteiger partial charge on any atom is 0.262 e. The van der Waals surface area contributed by atoms with E-state index in [0.717, 1.165) is 38.5 Å². The summed E-state index contributed by atoms with van der Waals surface area (Å²) in [6.07, 6.45) is 6.07. The van der Waals surface area contributed by atoms with E-state index in [1.807, 2.05) is 6.07 Å². The van der Waals surface area contributed by atoms with Crippen molar-refractivity contribution in [1.82, 2.24) is 9.62 Å². The van der Waals surface area contributed by atoms with Gasteiger partial charge in [-0.05, 0) is 54.7 Å². The summed E-state index contributed by atoms with van der Waals surface area (Å²) in [5, 5.41) is 4.70. The highest BCUT2D eigenvalue weighted by atomic mass is 32.2. The molecule has 1 aliphatic carbocycles. The Morgan fingerprint density at radius 2 is 1.89 bits per heavy atom. The van der Waals surface area contributed by atoms with E-state index in [9.17, 15) is 13.2 Å². The Hall–Kier alpha value is -1.70. The van der Waals surface area contributed by atoms with Gasteiger partial charge in [-0.1, -0.05) is 30.7 Å². The molecule has 2 heterocycles. The first-order valence-electron chi connectivity index (χ1n) is 10.0. The summed E-state index contributed by atoms with van der Waals surface area (Å²) in [5.41, 5.74) is 2.67. The van der Waals surface area contributed by atoms with Gasteiger partial charge >= 0.3 is 0 Å². The van der Waals surface area contributed by atoms with Gasteiger partial charge in [-0.25, -0.2) is 8.42 Å². The Morgan fingerprint density at radius 1 is 1.11 bits per heavy atom. The smallest absolute Gasteiger partial charge is 0.262 e. The van der Waals surface area contributed by atoms with Crippen LogP contribution in [0.2, 0.25) is 0 Å². The molecular formula is C21H26N2O3S2. The molecule has 1 saturated heterocycles. The summed E-state index contributed by atoms with van der Waals surface area (Å²) in [5.74, 6) is 0.00431. The minimum absolute atomic E-state index is 0.154. The van der Waals surface area contributed by atoms with Crippen molar-refractivity contribution in [2.75, 3.05) is 19.6 Å². The Labute approximate surface area is 170 Å². The Balaban J connectivity index is 1.48. The highest BCUT2D eigenvalue weighted by molar-refractivity contribution is 7.89. The highest BCUT2D eigenvalue weighted by Gasteiger charge is 2.31. The zero-order valence-electron chi connectivity index (χ0n) is 15.9. The second kappa shape index (κ2) is 8.35. The van der Waals surface area contributed by atoms with Gasteiger partial charge in [-0.2, -0.15) is 4.31 Å². The average Bonchev–Trinajstić information content (AvgIpc) is 3.23. The fourth-order valence-corrected chi connectivity index (χ4v) is 7.11. The van der Waals surface area contributed by atoms with Gasteiger partial charge in [0.25, 0.3) is 5.91 Å². The van der Waals surface area contributed by atoms with Crippen LogP contribution in [0, 0.1) is 0 Å². The van der Waals surface area contributed by atoms with Crippen LogP contribution >= 0.6 is 11.3 Å². The molecule has 28 heavy (non-hydrogen) atoms. The lowest BCUT2D eigenvalue weighted by atomic mass is 9.83. The van der Waals surface area contributed by atoms with Crippen LogP contribution in [-0.2, 0) is 16.4 Å². The molecule has 1 aromatic heterocycles. The van der Waals surface area contributed by atoms with Crippen molar-refractivity contribution in [2.24, 2.45) is 0 Å². The van der Waals surface area contributed by atoms with Gasteiger partial charge in [0.2, 0.25) is 10.0 Å².